The van der Waals surface area contributed by atoms with E-state index in [1.165, 1.54) is 56.2 Å². The summed E-state index contributed by atoms with van der Waals surface area (Å²) in [6.07, 6.45) is 8.28. The Bertz CT molecular complexity index is 805. The molecule has 0 spiro atoms. The molecule has 1 aromatic heterocycles. The van der Waals surface area contributed by atoms with E-state index in [2.05, 4.69) is 26.0 Å². The summed E-state index contributed by atoms with van der Waals surface area (Å²) in [6.45, 7) is 6.33. The van der Waals surface area contributed by atoms with E-state index in [1.807, 2.05) is 0 Å². The van der Waals surface area contributed by atoms with Gasteiger partial charge in [-0.1, -0.05) is 18.6 Å². The van der Waals surface area contributed by atoms with Gasteiger partial charge in [0.15, 0.2) is 0 Å². The van der Waals surface area contributed by atoms with Crippen LogP contribution in [0.2, 0.25) is 0 Å². The van der Waals surface area contributed by atoms with Crippen molar-refractivity contribution in [1.82, 2.24) is 0 Å². The van der Waals surface area contributed by atoms with Crippen LogP contribution in [0.3, 0.4) is 0 Å². The third-order valence-corrected chi connectivity index (χ3v) is 6.44. The molecule has 0 bridgehead atoms. The second kappa shape index (κ2) is 6.36. The molecule has 128 valence electrons. The summed E-state index contributed by atoms with van der Waals surface area (Å²) in [6, 6.07) is 6.81. The van der Waals surface area contributed by atoms with Crippen molar-refractivity contribution in [2.75, 3.05) is 6.54 Å². The number of hydrogen-bond acceptors (Lipinski definition) is 2. The molecule has 2 heterocycles. The van der Waals surface area contributed by atoms with Crippen molar-refractivity contribution in [3.8, 4) is 0 Å². The first-order valence-electron chi connectivity index (χ1n) is 9.51. The molecular weight excluding hydrogens is 298 g/mol. The molecule has 3 atom stereocenters. The van der Waals surface area contributed by atoms with Crippen LogP contribution in [0.5, 0.6) is 0 Å². The Labute approximate surface area is 143 Å². The number of hydrogen-bond donors (Lipinski definition) is 1. The van der Waals surface area contributed by atoms with Crippen LogP contribution in [0.4, 0.5) is 0 Å². The maximum absolute atomic E-state index is 12.1. The van der Waals surface area contributed by atoms with E-state index >= 15 is 0 Å². The maximum Gasteiger partial charge on any atom is 0.336 e. The predicted octanol–water partition coefficient (Wildman–Crippen LogP) is 3.15. The van der Waals surface area contributed by atoms with Crippen molar-refractivity contribution in [1.29, 1.82) is 0 Å². The van der Waals surface area contributed by atoms with Crippen molar-refractivity contribution in [2.24, 2.45) is 5.92 Å². The van der Waals surface area contributed by atoms with E-state index in [0.29, 0.717) is 0 Å². The van der Waals surface area contributed by atoms with Crippen LogP contribution in [-0.4, -0.2) is 12.6 Å². The molecule has 24 heavy (non-hydrogen) atoms. The van der Waals surface area contributed by atoms with Gasteiger partial charge in [0.25, 0.3) is 0 Å². The van der Waals surface area contributed by atoms with Gasteiger partial charge in [-0.2, -0.15) is 0 Å². The van der Waals surface area contributed by atoms with Crippen molar-refractivity contribution >= 4 is 11.0 Å². The van der Waals surface area contributed by atoms with E-state index < -0.39 is 0 Å². The zero-order valence-electron chi connectivity index (χ0n) is 14.9. The van der Waals surface area contributed by atoms with Gasteiger partial charge < -0.3 is 9.32 Å². The minimum absolute atomic E-state index is 0.206. The molecular formula is C21H28NO2+. The van der Waals surface area contributed by atoms with E-state index in [1.54, 1.807) is 11.0 Å². The molecule has 1 aliphatic carbocycles. The van der Waals surface area contributed by atoms with Gasteiger partial charge in [0.2, 0.25) is 0 Å². The normalized spacial score (nSPS) is 27.2. The molecule has 4 rings (SSSR count). The van der Waals surface area contributed by atoms with Crippen LogP contribution in [0.25, 0.3) is 11.0 Å². The predicted molar refractivity (Wildman–Crippen MR) is 96.5 cm³/mol. The lowest BCUT2D eigenvalue weighted by atomic mass is 9.78. The first-order valence-corrected chi connectivity index (χ1v) is 9.51. The fraction of sp³-hybridized carbons (Fsp3) is 0.571. The fourth-order valence-corrected chi connectivity index (χ4v) is 5.00. The van der Waals surface area contributed by atoms with Crippen molar-refractivity contribution in [3.63, 3.8) is 0 Å². The van der Waals surface area contributed by atoms with E-state index in [-0.39, 0.29) is 5.63 Å². The SMILES string of the molecule is Cc1ccc2c(C[NH+]3CCC[C@@H]4CCCC[C@@H]43)cc(=O)oc2c1C. The van der Waals surface area contributed by atoms with E-state index in [4.69, 9.17) is 4.42 Å². The number of quaternary nitrogens is 1. The van der Waals surface area contributed by atoms with Crippen LogP contribution in [0.1, 0.15) is 55.2 Å². The Balaban J connectivity index is 1.71. The number of nitrogens with one attached hydrogen (secondary N) is 1. The first kappa shape index (κ1) is 15.9. The summed E-state index contributed by atoms with van der Waals surface area (Å²) in [5.41, 5.74) is 4.03. The lowest BCUT2D eigenvalue weighted by Crippen LogP contribution is -3.16. The highest BCUT2D eigenvalue weighted by Gasteiger charge is 2.36. The molecule has 3 heteroatoms. The fourth-order valence-electron chi connectivity index (χ4n) is 5.00. The third kappa shape index (κ3) is 2.79. The van der Waals surface area contributed by atoms with Gasteiger partial charge in [0.1, 0.15) is 12.1 Å². The third-order valence-electron chi connectivity index (χ3n) is 6.44. The largest absolute Gasteiger partial charge is 0.422 e. The monoisotopic (exact) mass is 326 g/mol. The van der Waals surface area contributed by atoms with Gasteiger partial charge in [-0.05, 0) is 57.1 Å². The van der Waals surface area contributed by atoms with Crippen LogP contribution in [0.15, 0.2) is 27.4 Å². The van der Waals surface area contributed by atoms with Crippen LogP contribution in [-0.2, 0) is 6.54 Å². The molecule has 1 aromatic carbocycles. The topological polar surface area (TPSA) is 34.7 Å². The zero-order chi connectivity index (χ0) is 16.7. The molecule has 1 N–H and O–H groups in total. The number of likely N-dealkylation sites (tertiary alicyclic amines) is 1. The van der Waals surface area contributed by atoms with Gasteiger partial charge in [-0.25, -0.2) is 4.79 Å². The second-order valence-electron chi connectivity index (χ2n) is 7.85. The molecule has 0 radical (unpaired) electrons. The average molecular weight is 326 g/mol. The quantitative estimate of drug-likeness (QED) is 0.861. The summed E-state index contributed by atoms with van der Waals surface area (Å²) in [4.78, 5) is 13.8. The first-order chi connectivity index (χ1) is 11.6. The minimum atomic E-state index is -0.206. The van der Waals surface area contributed by atoms with Gasteiger partial charge in [0.05, 0.1) is 12.6 Å². The lowest BCUT2D eigenvalue weighted by molar-refractivity contribution is -0.949. The second-order valence-corrected chi connectivity index (χ2v) is 7.85. The number of piperidine rings is 1. The summed E-state index contributed by atoms with van der Waals surface area (Å²) < 4.78 is 5.54. The number of benzene rings is 1. The summed E-state index contributed by atoms with van der Waals surface area (Å²) in [5.74, 6) is 0.901. The van der Waals surface area contributed by atoms with Crippen molar-refractivity contribution in [2.45, 2.75) is 65.0 Å². The summed E-state index contributed by atoms with van der Waals surface area (Å²) in [5, 5.41) is 1.13. The van der Waals surface area contributed by atoms with Gasteiger partial charge in [-0.15, -0.1) is 0 Å². The number of fused-ring (bicyclic) bond motifs is 2. The lowest BCUT2D eigenvalue weighted by Gasteiger charge is -2.41. The zero-order valence-corrected chi connectivity index (χ0v) is 14.9. The highest BCUT2D eigenvalue weighted by atomic mass is 16.4. The highest BCUT2D eigenvalue weighted by molar-refractivity contribution is 5.83. The van der Waals surface area contributed by atoms with Gasteiger partial charge >= 0.3 is 5.63 Å². The maximum atomic E-state index is 12.1. The molecule has 1 saturated heterocycles. The average Bonchev–Trinajstić information content (AvgIpc) is 2.59. The molecule has 2 fully saturated rings. The standard InChI is InChI=1S/C21H27NO2/c1-14-9-10-18-17(12-20(23)24-21(18)15(14)2)13-22-11-5-7-16-6-3-4-8-19(16)22/h9-10,12,16,19H,3-8,11,13H2,1-2H3/p+1/t16-,19-/m0/s1. The Morgan fingerprint density at radius 3 is 2.79 bits per heavy atom. The molecule has 1 saturated carbocycles. The molecule has 2 aromatic rings. The Hall–Kier alpha value is -1.61. The summed E-state index contributed by atoms with van der Waals surface area (Å²) >= 11 is 0. The minimum Gasteiger partial charge on any atom is -0.422 e. The molecule has 1 aliphatic heterocycles. The number of aryl methyl sites for hydroxylation is 2. The smallest absolute Gasteiger partial charge is 0.336 e. The highest BCUT2D eigenvalue weighted by Crippen LogP contribution is 2.29. The number of rotatable bonds is 2. The van der Waals surface area contributed by atoms with Crippen molar-refractivity contribution in [3.05, 3.63) is 45.3 Å². The molecule has 0 amide bonds. The Kier molecular flexibility index (Phi) is 4.21. The Morgan fingerprint density at radius 2 is 1.92 bits per heavy atom. The van der Waals surface area contributed by atoms with Crippen LogP contribution >= 0.6 is 0 Å². The van der Waals surface area contributed by atoms with Crippen LogP contribution < -0.4 is 10.5 Å². The molecule has 1 unspecified atom stereocenters. The van der Waals surface area contributed by atoms with Gasteiger partial charge in [0, 0.05) is 22.9 Å². The van der Waals surface area contributed by atoms with Crippen LogP contribution in [0, 0.1) is 19.8 Å². The van der Waals surface area contributed by atoms with Crippen molar-refractivity contribution < 1.29 is 9.32 Å². The summed E-state index contributed by atoms with van der Waals surface area (Å²) in [7, 11) is 0. The van der Waals surface area contributed by atoms with E-state index in [0.717, 1.165) is 35.0 Å². The van der Waals surface area contributed by atoms with Gasteiger partial charge in [-0.3, -0.25) is 0 Å². The van der Waals surface area contributed by atoms with E-state index in [9.17, 15) is 4.79 Å². The molecule has 3 nitrogen and oxygen atoms in total. The Morgan fingerprint density at radius 1 is 1.12 bits per heavy atom. The molecule has 2 aliphatic rings.